The molecule has 1 unspecified atom stereocenters. The molecular formula is C27H31N3O4. The number of carboxylic acid groups (broad SMARTS) is 1. The van der Waals surface area contributed by atoms with Gasteiger partial charge in [-0.25, -0.2) is 0 Å². The lowest BCUT2D eigenvalue weighted by Crippen LogP contribution is -2.39. The quantitative estimate of drug-likeness (QED) is 0.520. The Kier molecular flexibility index (Phi) is 7.89. The Morgan fingerprint density at radius 1 is 1.18 bits per heavy atom. The highest BCUT2D eigenvalue weighted by Gasteiger charge is 2.27. The van der Waals surface area contributed by atoms with Gasteiger partial charge in [-0.05, 0) is 54.2 Å². The van der Waals surface area contributed by atoms with Crippen LogP contribution in [0.4, 0.5) is 0 Å². The molecule has 3 N–H and O–H groups in total. The Morgan fingerprint density at radius 3 is 2.59 bits per heavy atom. The number of rotatable bonds is 9. The zero-order valence-electron chi connectivity index (χ0n) is 19.7. The number of nitrogens with one attached hydrogen (secondary N) is 2. The number of nitrogens with zero attached hydrogens (tertiary/aromatic N) is 1. The number of benzene rings is 1. The molecule has 178 valence electrons. The van der Waals surface area contributed by atoms with Crippen LogP contribution in [0.25, 0.3) is 5.57 Å². The molecule has 0 fully saturated rings. The Balaban J connectivity index is 1.93. The van der Waals surface area contributed by atoms with E-state index in [0.29, 0.717) is 12.0 Å². The van der Waals surface area contributed by atoms with E-state index in [1.165, 1.54) is 10.6 Å². The van der Waals surface area contributed by atoms with Gasteiger partial charge in [0.15, 0.2) is 0 Å². The maximum atomic E-state index is 13.4. The first-order valence-corrected chi connectivity index (χ1v) is 11.3. The summed E-state index contributed by atoms with van der Waals surface area (Å²) in [5.74, 6) is -1.26. The second-order valence-corrected chi connectivity index (χ2v) is 8.93. The predicted octanol–water partition coefficient (Wildman–Crippen LogP) is 4.17. The summed E-state index contributed by atoms with van der Waals surface area (Å²) in [7, 11) is 0. The lowest BCUT2D eigenvalue weighted by Gasteiger charge is -2.25. The molecule has 7 heteroatoms. The van der Waals surface area contributed by atoms with Gasteiger partial charge < -0.3 is 20.3 Å². The molecule has 0 spiro atoms. The highest BCUT2D eigenvalue weighted by molar-refractivity contribution is 5.83. The summed E-state index contributed by atoms with van der Waals surface area (Å²) >= 11 is 0. The summed E-state index contributed by atoms with van der Waals surface area (Å²) in [6, 6.07) is 10.7. The molecule has 2 aromatic rings. The monoisotopic (exact) mass is 461 g/mol. The Bertz CT molecular complexity index is 1210. The van der Waals surface area contributed by atoms with Crippen molar-refractivity contribution in [2.45, 2.75) is 45.7 Å². The predicted molar refractivity (Wildman–Crippen MR) is 133 cm³/mol. The van der Waals surface area contributed by atoms with Gasteiger partial charge in [-0.1, -0.05) is 44.7 Å². The molecule has 2 atom stereocenters. The van der Waals surface area contributed by atoms with Gasteiger partial charge >= 0.3 is 5.97 Å². The fourth-order valence-corrected chi connectivity index (χ4v) is 4.08. The zero-order valence-corrected chi connectivity index (χ0v) is 19.7. The SMILES string of the molecule is C=C1C=C(C)C(c2cccc([C@H](CC(=O)O)NC(=O)C(CC(C)C)n3ccccc3=O)c2)=CN1. The van der Waals surface area contributed by atoms with E-state index >= 15 is 0 Å². The molecule has 3 rings (SSSR count). The zero-order chi connectivity index (χ0) is 24.8. The molecule has 1 amide bonds. The second-order valence-electron chi connectivity index (χ2n) is 8.93. The molecule has 0 saturated carbocycles. The summed E-state index contributed by atoms with van der Waals surface area (Å²) in [5, 5.41) is 15.5. The third-order valence-corrected chi connectivity index (χ3v) is 5.70. The van der Waals surface area contributed by atoms with Gasteiger partial charge in [0.2, 0.25) is 5.91 Å². The van der Waals surface area contributed by atoms with Crippen LogP contribution in [-0.4, -0.2) is 21.6 Å². The Hall–Kier alpha value is -3.87. The summed E-state index contributed by atoms with van der Waals surface area (Å²) in [4.78, 5) is 37.5. The van der Waals surface area contributed by atoms with Crippen LogP contribution in [0.3, 0.4) is 0 Å². The lowest BCUT2D eigenvalue weighted by molar-refractivity contribution is -0.138. The number of hydrogen-bond donors (Lipinski definition) is 3. The van der Waals surface area contributed by atoms with E-state index in [1.807, 2.05) is 51.2 Å². The van der Waals surface area contributed by atoms with Gasteiger partial charge in [0.05, 0.1) is 12.5 Å². The highest BCUT2D eigenvalue weighted by Crippen LogP contribution is 2.29. The number of carbonyl (C=O) groups is 2. The maximum absolute atomic E-state index is 13.4. The largest absolute Gasteiger partial charge is 0.481 e. The maximum Gasteiger partial charge on any atom is 0.305 e. The molecule has 7 nitrogen and oxygen atoms in total. The van der Waals surface area contributed by atoms with Crippen LogP contribution < -0.4 is 16.2 Å². The van der Waals surface area contributed by atoms with Gasteiger partial charge in [0.25, 0.3) is 5.56 Å². The summed E-state index contributed by atoms with van der Waals surface area (Å²) < 4.78 is 1.41. The van der Waals surface area contributed by atoms with Crippen molar-refractivity contribution in [2.75, 3.05) is 0 Å². The molecule has 34 heavy (non-hydrogen) atoms. The molecule has 1 aliphatic heterocycles. The lowest BCUT2D eigenvalue weighted by atomic mass is 9.93. The number of amides is 1. The second kappa shape index (κ2) is 10.8. The molecule has 2 heterocycles. The van der Waals surface area contributed by atoms with E-state index in [1.54, 1.807) is 24.4 Å². The standard InChI is InChI=1S/C27H31N3O4/c1-17(2)12-24(30-11-6-5-10-25(30)31)27(34)29-23(15-26(32)33)21-9-7-8-20(14-21)22-16-28-19(4)13-18(22)3/h5-11,13-14,16-17,23-24,28H,4,12,15H2,1-3H3,(H,29,34)(H,32,33)/t23-,24?/m0/s1. The molecule has 1 aromatic carbocycles. The molecule has 0 radical (unpaired) electrons. The number of carbonyl (C=O) groups excluding carboxylic acids is 1. The summed E-state index contributed by atoms with van der Waals surface area (Å²) in [6.07, 6.45) is 5.56. The van der Waals surface area contributed by atoms with E-state index in [2.05, 4.69) is 17.2 Å². The first kappa shape index (κ1) is 24.8. The van der Waals surface area contributed by atoms with Crippen molar-refractivity contribution in [3.05, 3.63) is 100 Å². The van der Waals surface area contributed by atoms with Crippen molar-refractivity contribution in [1.29, 1.82) is 0 Å². The van der Waals surface area contributed by atoms with Crippen LogP contribution in [0.5, 0.6) is 0 Å². The van der Waals surface area contributed by atoms with Crippen molar-refractivity contribution in [3.63, 3.8) is 0 Å². The molecular weight excluding hydrogens is 430 g/mol. The average Bonchev–Trinajstić information content (AvgIpc) is 2.77. The van der Waals surface area contributed by atoms with Crippen molar-refractivity contribution in [3.8, 4) is 0 Å². The van der Waals surface area contributed by atoms with Crippen molar-refractivity contribution in [2.24, 2.45) is 5.92 Å². The van der Waals surface area contributed by atoms with E-state index in [0.717, 1.165) is 22.4 Å². The number of allylic oxidation sites excluding steroid dienone is 3. The Labute approximate surface area is 199 Å². The van der Waals surface area contributed by atoms with Crippen molar-refractivity contribution in [1.82, 2.24) is 15.2 Å². The number of pyridine rings is 1. The fraction of sp³-hybridized carbons (Fsp3) is 0.296. The van der Waals surface area contributed by atoms with Crippen LogP contribution in [0.1, 0.15) is 56.8 Å². The van der Waals surface area contributed by atoms with Gasteiger partial charge in [0.1, 0.15) is 6.04 Å². The number of hydrogen-bond acceptors (Lipinski definition) is 4. The summed E-state index contributed by atoms with van der Waals surface area (Å²) in [6.45, 7) is 9.83. The van der Waals surface area contributed by atoms with Crippen LogP contribution in [0.2, 0.25) is 0 Å². The third kappa shape index (κ3) is 6.13. The van der Waals surface area contributed by atoms with Gasteiger partial charge in [-0.15, -0.1) is 0 Å². The van der Waals surface area contributed by atoms with Gasteiger partial charge in [-0.3, -0.25) is 14.4 Å². The minimum Gasteiger partial charge on any atom is -0.481 e. The first-order valence-electron chi connectivity index (χ1n) is 11.3. The minimum atomic E-state index is -1.03. The van der Waals surface area contributed by atoms with E-state index in [-0.39, 0.29) is 23.8 Å². The smallest absolute Gasteiger partial charge is 0.305 e. The third-order valence-electron chi connectivity index (χ3n) is 5.70. The normalized spacial score (nSPS) is 15.1. The Morgan fingerprint density at radius 2 is 1.94 bits per heavy atom. The topological polar surface area (TPSA) is 100 Å². The minimum absolute atomic E-state index is 0.152. The van der Waals surface area contributed by atoms with Crippen LogP contribution in [0, 0.1) is 5.92 Å². The molecule has 1 aromatic heterocycles. The van der Waals surface area contributed by atoms with E-state index < -0.39 is 18.1 Å². The van der Waals surface area contributed by atoms with Crippen molar-refractivity contribution >= 4 is 17.4 Å². The molecule has 0 bridgehead atoms. The van der Waals surface area contributed by atoms with Crippen LogP contribution in [0.15, 0.2) is 83.6 Å². The number of aromatic nitrogens is 1. The van der Waals surface area contributed by atoms with Crippen LogP contribution >= 0.6 is 0 Å². The molecule has 1 aliphatic rings. The van der Waals surface area contributed by atoms with E-state index in [4.69, 9.17) is 0 Å². The average molecular weight is 462 g/mol. The molecule has 0 saturated heterocycles. The fourth-order valence-electron chi connectivity index (χ4n) is 4.08. The van der Waals surface area contributed by atoms with Crippen molar-refractivity contribution < 1.29 is 14.7 Å². The van der Waals surface area contributed by atoms with Crippen LogP contribution in [-0.2, 0) is 9.59 Å². The number of aliphatic carboxylic acids is 1. The number of carboxylic acids is 1. The summed E-state index contributed by atoms with van der Waals surface area (Å²) in [5.41, 5.74) is 4.08. The highest BCUT2D eigenvalue weighted by atomic mass is 16.4. The number of dihydropyridines is 1. The van der Waals surface area contributed by atoms with Gasteiger partial charge in [0, 0.05) is 29.7 Å². The van der Waals surface area contributed by atoms with Gasteiger partial charge in [-0.2, -0.15) is 0 Å². The first-order chi connectivity index (χ1) is 16.2. The van der Waals surface area contributed by atoms with E-state index in [9.17, 15) is 19.5 Å². The molecule has 0 aliphatic carbocycles.